The molecule has 0 saturated carbocycles. The van der Waals surface area contributed by atoms with E-state index in [0.29, 0.717) is 13.9 Å². The van der Waals surface area contributed by atoms with Gasteiger partial charge in [0.05, 0.1) is 11.2 Å². The van der Waals surface area contributed by atoms with E-state index in [4.69, 9.17) is 9.39 Å². The lowest BCUT2D eigenvalue weighted by Gasteiger charge is -2.38. The molecule has 0 bridgehead atoms. The lowest BCUT2D eigenvalue weighted by atomic mass is 9.78. The molecule has 0 fully saturated rings. The molecule has 1 rings (SSSR count). The van der Waals surface area contributed by atoms with E-state index in [1.54, 1.807) is 0 Å². The highest BCUT2D eigenvalue weighted by Gasteiger charge is 2.35. The number of hydrogen-bond acceptors (Lipinski definition) is 3. The van der Waals surface area contributed by atoms with Gasteiger partial charge in [-0.25, -0.2) is 4.39 Å². The molecule has 0 heterocycles. The third kappa shape index (κ3) is 4.94. The van der Waals surface area contributed by atoms with E-state index in [-0.39, 0.29) is 10.3 Å². The van der Waals surface area contributed by atoms with Gasteiger partial charge in [0, 0.05) is 4.75 Å². The molecule has 0 aromatic rings. The monoisotopic (exact) mass is 300 g/mol. The Morgan fingerprint density at radius 1 is 1.40 bits per heavy atom. The van der Waals surface area contributed by atoms with Gasteiger partial charge in [0.25, 0.3) is 0 Å². The summed E-state index contributed by atoms with van der Waals surface area (Å²) in [5.74, 6) is 0. The molecule has 0 spiro atoms. The van der Waals surface area contributed by atoms with Crippen molar-refractivity contribution >= 4 is 20.1 Å². The lowest BCUT2D eigenvalue weighted by molar-refractivity contribution is -0.105. The molecule has 0 amide bonds. The van der Waals surface area contributed by atoms with Gasteiger partial charge < -0.3 is 9.39 Å². The van der Waals surface area contributed by atoms with Crippen LogP contribution in [-0.4, -0.2) is 29.8 Å². The van der Waals surface area contributed by atoms with E-state index < -0.39 is 12.0 Å². The van der Waals surface area contributed by atoms with Crippen LogP contribution in [0.25, 0.3) is 0 Å². The normalized spacial score (nSPS) is 25.3. The number of ether oxygens (including phenoxy) is 1. The fourth-order valence-electron chi connectivity index (χ4n) is 1.76. The average Bonchev–Trinajstić information content (AvgIpc) is 2.25. The van der Waals surface area contributed by atoms with Crippen molar-refractivity contribution in [1.29, 1.82) is 0 Å². The molecule has 2 nitrogen and oxygen atoms in total. The van der Waals surface area contributed by atoms with E-state index in [0.717, 1.165) is 5.47 Å². The molecule has 0 aromatic carbocycles. The van der Waals surface area contributed by atoms with Gasteiger partial charge in [-0.05, 0) is 48.0 Å². The third-order valence-corrected chi connectivity index (χ3v) is 4.46. The van der Waals surface area contributed by atoms with Crippen molar-refractivity contribution in [3.05, 3.63) is 23.7 Å². The molecule has 0 aliphatic heterocycles. The fourth-order valence-corrected chi connectivity index (χ4v) is 1.82. The maximum atomic E-state index is 13.0. The Balaban J connectivity index is 2.56. The first kappa shape index (κ1) is 17.8. The van der Waals surface area contributed by atoms with Crippen LogP contribution in [-0.2, 0) is 9.39 Å². The van der Waals surface area contributed by atoms with Gasteiger partial charge >= 0.3 is 7.48 Å². The second-order valence-electron chi connectivity index (χ2n) is 6.65. The minimum Gasteiger partial charge on any atom is -0.428 e. The third-order valence-electron chi connectivity index (χ3n) is 3.92. The Morgan fingerprint density at radius 2 is 2.00 bits per heavy atom. The van der Waals surface area contributed by atoms with Gasteiger partial charge in [0.15, 0.2) is 6.36 Å². The first-order chi connectivity index (χ1) is 8.95. The van der Waals surface area contributed by atoms with Crippen LogP contribution < -0.4 is 0 Å². The molecule has 2 atom stereocenters. The minimum absolute atomic E-state index is 0.229. The van der Waals surface area contributed by atoms with Gasteiger partial charge in [-0.1, -0.05) is 23.7 Å². The number of allylic oxidation sites excluding steroid dienone is 2. The summed E-state index contributed by atoms with van der Waals surface area (Å²) < 4.78 is 24.0. The second-order valence-corrected chi connectivity index (χ2v) is 7.77. The molecule has 5 heteroatoms. The largest absolute Gasteiger partial charge is 0.428 e. The van der Waals surface area contributed by atoms with Crippen molar-refractivity contribution in [2.24, 2.45) is 0 Å². The zero-order valence-electron chi connectivity index (χ0n) is 13.4. The summed E-state index contributed by atoms with van der Waals surface area (Å²) in [5.41, 5.74) is 0.189. The molecule has 2 unspecified atom stereocenters. The van der Waals surface area contributed by atoms with Crippen LogP contribution in [0.1, 0.15) is 48.0 Å². The maximum absolute atomic E-state index is 13.0. The summed E-state index contributed by atoms with van der Waals surface area (Å²) in [6, 6.07) is 0. The molecule has 114 valence electrons. The summed E-state index contributed by atoms with van der Waals surface area (Å²) in [4.78, 5) is 0. The highest BCUT2D eigenvalue weighted by Crippen LogP contribution is 2.32. The predicted octanol–water partition coefficient (Wildman–Crippen LogP) is 3.78. The number of halogens is 1. The van der Waals surface area contributed by atoms with Crippen molar-refractivity contribution in [2.75, 3.05) is 0 Å². The van der Waals surface area contributed by atoms with E-state index in [9.17, 15) is 4.39 Å². The Morgan fingerprint density at radius 3 is 2.40 bits per heavy atom. The molecule has 0 saturated heterocycles. The van der Waals surface area contributed by atoms with Crippen molar-refractivity contribution in [2.45, 2.75) is 70.3 Å². The standard InChI is InChI=1S/C15H26BFO2S/c1-11(17)18-15(6)9-7-12(8-10-15)16-19-13(2,3)14(4,5)20/h7-9,11,16,20H,10H2,1-6H3. The van der Waals surface area contributed by atoms with Crippen molar-refractivity contribution < 1.29 is 13.8 Å². The second kappa shape index (κ2) is 6.24. The smallest absolute Gasteiger partial charge is 0.309 e. The van der Waals surface area contributed by atoms with Crippen molar-refractivity contribution in [1.82, 2.24) is 0 Å². The first-order valence-electron chi connectivity index (χ1n) is 7.02. The summed E-state index contributed by atoms with van der Waals surface area (Å²) >= 11 is 4.57. The van der Waals surface area contributed by atoms with Crippen LogP contribution >= 0.6 is 12.6 Å². The summed E-state index contributed by atoms with van der Waals surface area (Å²) in [5, 5.41) is 0. The number of thiol groups is 1. The minimum atomic E-state index is -1.26. The number of alkyl halides is 1. The van der Waals surface area contributed by atoms with Crippen LogP contribution in [0.3, 0.4) is 0 Å². The number of rotatable bonds is 6. The first-order valence-corrected chi connectivity index (χ1v) is 7.46. The molecule has 1 aliphatic carbocycles. The summed E-state index contributed by atoms with van der Waals surface area (Å²) in [6.07, 6.45) is 5.29. The van der Waals surface area contributed by atoms with Gasteiger partial charge in [-0.15, -0.1) is 0 Å². The highest BCUT2D eigenvalue weighted by molar-refractivity contribution is 7.81. The zero-order valence-corrected chi connectivity index (χ0v) is 14.3. The van der Waals surface area contributed by atoms with Gasteiger partial charge in [0.2, 0.25) is 0 Å². The maximum Gasteiger partial charge on any atom is 0.309 e. The topological polar surface area (TPSA) is 18.5 Å². The molecular weight excluding hydrogens is 274 g/mol. The quantitative estimate of drug-likeness (QED) is 0.594. The average molecular weight is 300 g/mol. The summed E-state index contributed by atoms with van der Waals surface area (Å²) in [7, 11) is 0.523. The number of hydrogen-bond donors (Lipinski definition) is 1. The van der Waals surface area contributed by atoms with Gasteiger partial charge in [-0.2, -0.15) is 12.6 Å². The Hall–Kier alpha value is -0.255. The molecule has 0 radical (unpaired) electrons. The van der Waals surface area contributed by atoms with Crippen molar-refractivity contribution in [3.8, 4) is 0 Å². The van der Waals surface area contributed by atoms with E-state index in [1.165, 1.54) is 6.92 Å². The molecule has 20 heavy (non-hydrogen) atoms. The van der Waals surface area contributed by atoms with Crippen LogP contribution in [0.2, 0.25) is 0 Å². The fraction of sp³-hybridized carbons (Fsp3) is 0.733. The van der Waals surface area contributed by atoms with Crippen LogP contribution in [0.15, 0.2) is 23.7 Å². The molecular formula is C15H26BFO2S. The van der Waals surface area contributed by atoms with Crippen LogP contribution in [0.4, 0.5) is 4.39 Å². The Labute approximate surface area is 128 Å². The lowest BCUT2D eigenvalue weighted by Crippen LogP contribution is -2.44. The molecule has 0 aromatic heterocycles. The van der Waals surface area contributed by atoms with E-state index in [2.05, 4.69) is 12.6 Å². The van der Waals surface area contributed by atoms with E-state index >= 15 is 0 Å². The van der Waals surface area contributed by atoms with E-state index in [1.807, 2.05) is 52.8 Å². The Kier molecular flexibility index (Phi) is 5.56. The Bertz CT molecular complexity index is 399. The summed E-state index contributed by atoms with van der Waals surface area (Å²) in [6.45, 7) is 11.4. The highest BCUT2D eigenvalue weighted by atomic mass is 32.1. The van der Waals surface area contributed by atoms with Gasteiger partial charge in [0.1, 0.15) is 0 Å². The predicted molar refractivity (Wildman–Crippen MR) is 87.3 cm³/mol. The van der Waals surface area contributed by atoms with Crippen LogP contribution in [0, 0.1) is 0 Å². The zero-order chi connectivity index (χ0) is 15.6. The van der Waals surface area contributed by atoms with Crippen molar-refractivity contribution in [3.63, 3.8) is 0 Å². The van der Waals surface area contributed by atoms with Crippen LogP contribution in [0.5, 0.6) is 0 Å². The molecule has 1 aliphatic rings. The van der Waals surface area contributed by atoms with Gasteiger partial charge in [-0.3, -0.25) is 0 Å². The molecule has 0 N–H and O–H groups in total. The SMILES string of the molecule is CC(F)OC1(C)C=CC(BOC(C)(C)C(C)(C)S)=CC1.